The number of hydrogen-bond donors (Lipinski definition) is 3. The number of hydrogen-bond acceptors (Lipinski definition) is 7. The van der Waals surface area contributed by atoms with Gasteiger partial charge in [0.15, 0.2) is 0 Å². The lowest BCUT2D eigenvalue weighted by atomic mass is 9.88. The quantitative estimate of drug-likeness (QED) is 0.402. The number of halogens is 3. The zero-order chi connectivity index (χ0) is 22.2. The van der Waals surface area contributed by atoms with E-state index in [1.54, 1.807) is 12.3 Å². The monoisotopic (exact) mass is 457 g/mol. The molecule has 5 rings (SSSR count). The van der Waals surface area contributed by atoms with Crippen molar-refractivity contribution in [2.24, 2.45) is 0 Å². The van der Waals surface area contributed by atoms with Gasteiger partial charge in [-0.2, -0.15) is 10.3 Å². The van der Waals surface area contributed by atoms with Crippen LogP contribution in [0.25, 0.3) is 28.3 Å². The van der Waals surface area contributed by atoms with E-state index in [-0.39, 0.29) is 28.3 Å². The van der Waals surface area contributed by atoms with Crippen LogP contribution >= 0.6 is 11.6 Å². The van der Waals surface area contributed by atoms with Gasteiger partial charge in [-0.3, -0.25) is 0 Å². The van der Waals surface area contributed by atoms with Gasteiger partial charge in [-0.1, -0.05) is 11.6 Å². The summed E-state index contributed by atoms with van der Waals surface area (Å²) < 4.78 is 30.1. The molecule has 9 nitrogen and oxygen atoms in total. The van der Waals surface area contributed by atoms with Crippen molar-refractivity contribution in [3.8, 4) is 28.3 Å². The van der Waals surface area contributed by atoms with Crippen molar-refractivity contribution < 1.29 is 8.78 Å². The van der Waals surface area contributed by atoms with E-state index >= 15 is 0 Å². The highest BCUT2D eigenvalue weighted by atomic mass is 35.5. The Balaban J connectivity index is 1.87. The molecule has 4 aromatic rings. The molecule has 4 heterocycles. The summed E-state index contributed by atoms with van der Waals surface area (Å²) in [7, 11) is 0. The summed E-state index contributed by atoms with van der Waals surface area (Å²) in [6.07, 6.45) is 3.14. The highest BCUT2D eigenvalue weighted by molar-refractivity contribution is 6.32. The molecule has 12 heteroatoms. The molecular formula is C20H18ClF2N9. The molecule has 0 atom stereocenters. The number of anilines is 1. The van der Waals surface area contributed by atoms with E-state index in [2.05, 4.69) is 36.0 Å². The first-order valence-electron chi connectivity index (χ1n) is 9.97. The van der Waals surface area contributed by atoms with Gasteiger partial charge in [0.2, 0.25) is 5.82 Å². The molecule has 1 saturated heterocycles. The molecule has 1 aliphatic rings. The predicted octanol–water partition coefficient (Wildman–Crippen LogP) is 3.10. The third kappa shape index (κ3) is 3.49. The van der Waals surface area contributed by atoms with Crippen LogP contribution < -0.4 is 11.1 Å². The second-order valence-corrected chi connectivity index (χ2v) is 7.82. The maximum absolute atomic E-state index is 14.4. The summed E-state index contributed by atoms with van der Waals surface area (Å²) in [6, 6.07) is 5.45. The molecule has 0 radical (unpaired) electrons. The molecule has 0 spiro atoms. The number of H-pyrrole nitrogens is 1. The minimum absolute atomic E-state index is 0.00130. The molecule has 32 heavy (non-hydrogen) atoms. The summed E-state index contributed by atoms with van der Waals surface area (Å²) in [5.74, 6) is -1.15. The third-order valence-electron chi connectivity index (χ3n) is 5.51. The zero-order valence-electron chi connectivity index (χ0n) is 16.7. The van der Waals surface area contributed by atoms with Crippen LogP contribution in [0.1, 0.15) is 24.5 Å². The second kappa shape index (κ2) is 8.24. The average molecular weight is 458 g/mol. The van der Waals surface area contributed by atoms with Gasteiger partial charge >= 0.3 is 0 Å². The van der Waals surface area contributed by atoms with Crippen LogP contribution in [0, 0.1) is 11.6 Å². The molecule has 1 aliphatic heterocycles. The van der Waals surface area contributed by atoms with Crippen LogP contribution in [0.15, 0.2) is 30.5 Å². The van der Waals surface area contributed by atoms with Crippen LogP contribution in [-0.4, -0.2) is 48.5 Å². The Hall–Kier alpha value is -3.44. The number of aromatic amines is 1. The summed E-state index contributed by atoms with van der Waals surface area (Å²) in [5.41, 5.74) is 8.61. The maximum Gasteiger partial charge on any atom is 0.225 e. The van der Waals surface area contributed by atoms with Crippen LogP contribution in [0.2, 0.25) is 5.02 Å². The van der Waals surface area contributed by atoms with E-state index in [0.29, 0.717) is 22.5 Å². The first-order valence-corrected chi connectivity index (χ1v) is 10.4. The number of aromatic nitrogens is 7. The first-order chi connectivity index (χ1) is 15.5. The Morgan fingerprint density at radius 3 is 2.72 bits per heavy atom. The smallest absolute Gasteiger partial charge is 0.225 e. The highest BCUT2D eigenvalue weighted by Crippen LogP contribution is 2.43. The molecule has 0 bridgehead atoms. The predicted molar refractivity (Wildman–Crippen MR) is 114 cm³/mol. The standard InChI is InChI=1S/C20H18ClF2N9/c21-16-13(23)8-11(22)9-14(16)32-18(10-3-6-25-7-4-10)15(12-2-1-5-26-19(12)24)17(29-32)20-27-30-31-28-20/h1-2,5,8-10,25H,3-4,6-7H2,(H2,24,26)(H,27,28,30,31). The van der Waals surface area contributed by atoms with E-state index in [9.17, 15) is 8.78 Å². The van der Waals surface area contributed by atoms with E-state index in [1.807, 2.05) is 6.07 Å². The van der Waals surface area contributed by atoms with Crippen molar-refractivity contribution >= 4 is 17.4 Å². The van der Waals surface area contributed by atoms with E-state index in [0.717, 1.165) is 38.1 Å². The van der Waals surface area contributed by atoms with Crippen LogP contribution in [0.4, 0.5) is 14.6 Å². The topological polar surface area (TPSA) is 123 Å². The zero-order valence-corrected chi connectivity index (χ0v) is 17.4. The molecule has 3 aromatic heterocycles. The van der Waals surface area contributed by atoms with Crippen molar-refractivity contribution in [2.75, 3.05) is 18.8 Å². The van der Waals surface area contributed by atoms with Gasteiger partial charge in [0.05, 0.1) is 11.4 Å². The number of tetrazole rings is 1. The Bertz CT molecular complexity index is 1270. The lowest BCUT2D eigenvalue weighted by molar-refractivity contribution is 0.446. The number of nitrogens with one attached hydrogen (secondary N) is 2. The second-order valence-electron chi connectivity index (χ2n) is 7.44. The number of nitrogens with zero attached hydrogens (tertiary/aromatic N) is 6. The third-order valence-corrected chi connectivity index (χ3v) is 5.89. The van der Waals surface area contributed by atoms with E-state index in [1.165, 1.54) is 4.68 Å². The number of pyridine rings is 1. The molecule has 0 aliphatic carbocycles. The van der Waals surface area contributed by atoms with Gasteiger partial charge in [0.25, 0.3) is 0 Å². The van der Waals surface area contributed by atoms with Gasteiger partial charge in [-0.25, -0.2) is 18.4 Å². The summed E-state index contributed by atoms with van der Waals surface area (Å²) >= 11 is 6.27. The minimum atomic E-state index is -0.878. The molecule has 0 saturated carbocycles. The number of rotatable bonds is 4. The molecule has 164 valence electrons. The van der Waals surface area contributed by atoms with Gasteiger partial charge in [-0.15, -0.1) is 10.2 Å². The minimum Gasteiger partial charge on any atom is -0.383 e. The fourth-order valence-electron chi connectivity index (χ4n) is 4.10. The van der Waals surface area contributed by atoms with Gasteiger partial charge < -0.3 is 11.1 Å². The summed E-state index contributed by atoms with van der Waals surface area (Å²) in [4.78, 5) is 4.21. The van der Waals surface area contributed by atoms with Crippen molar-refractivity contribution in [1.82, 2.24) is 40.7 Å². The normalized spacial score (nSPS) is 14.7. The van der Waals surface area contributed by atoms with Crippen LogP contribution in [0.3, 0.4) is 0 Å². The van der Waals surface area contributed by atoms with Gasteiger partial charge in [0.1, 0.15) is 28.2 Å². The number of piperidine rings is 1. The molecule has 4 N–H and O–H groups in total. The Labute approximate surface area is 186 Å². The largest absolute Gasteiger partial charge is 0.383 e. The van der Waals surface area contributed by atoms with E-state index in [4.69, 9.17) is 17.3 Å². The van der Waals surface area contributed by atoms with Gasteiger partial charge in [0, 0.05) is 35.4 Å². The molecule has 0 amide bonds. The van der Waals surface area contributed by atoms with E-state index < -0.39 is 11.6 Å². The average Bonchev–Trinajstić information content (AvgIpc) is 3.45. The fourth-order valence-corrected chi connectivity index (χ4v) is 4.29. The fraction of sp³-hybridized carbons (Fsp3) is 0.250. The number of benzene rings is 1. The number of nitrogen functional groups attached to an aromatic ring is 1. The SMILES string of the molecule is Nc1ncccc1-c1c(-c2nn[nH]n2)nn(-c2cc(F)cc(F)c2Cl)c1C1CCNCC1. The molecule has 0 unspecified atom stereocenters. The van der Waals surface area contributed by atoms with Crippen molar-refractivity contribution in [3.05, 3.63) is 52.8 Å². The van der Waals surface area contributed by atoms with Crippen molar-refractivity contribution in [2.45, 2.75) is 18.8 Å². The lowest BCUT2D eigenvalue weighted by Gasteiger charge is -2.25. The Morgan fingerprint density at radius 1 is 1.19 bits per heavy atom. The molecular weight excluding hydrogens is 440 g/mol. The van der Waals surface area contributed by atoms with Crippen LogP contribution in [-0.2, 0) is 0 Å². The maximum atomic E-state index is 14.4. The molecule has 1 aromatic carbocycles. The van der Waals surface area contributed by atoms with Gasteiger partial charge in [-0.05, 0) is 43.3 Å². The first kappa shape index (κ1) is 20.5. The summed E-state index contributed by atoms with van der Waals surface area (Å²) in [5, 5.41) is 22.0. The summed E-state index contributed by atoms with van der Waals surface area (Å²) in [6.45, 7) is 1.56. The van der Waals surface area contributed by atoms with Crippen molar-refractivity contribution in [1.29, 1.82) is 0 Å². The van der Waals surface area contributed by atoms with Crippen LogP contribution in [0.5, 0.6) is 0 Å². The highest BCUT2D eigenvalue weighted by Gasteiger charge is 2.32. The Kier molecular flexibility index (Phi) is 5.27. The Morgan fingerprint density at radius 2 is 2.00 bits per heavy atom. The lowest BCUT2D eigenvalue weighted by Crippen LogP contribution is -2.28. The molecule has 1 fully saturated rings. The number of nitrogens with two attached hydrogens (primary N) is 1. The van der Waals surface area contributed by atoms with Crippen molar-refractivity contribution in [3.63, 3.8) is 0 Å².